The van der Waals surface area contributed by atoms with Crippen molar-refractivity contribution >= 4 is 22.5 Å². The summed E-state index contributed by atoms with van der Waals surface area (Å²) in [7, 11) is 2.00. The average molecular weight is 269 g/mol. The number of nitrogens with two attached hydrogens (primary N) is 1. The predicted molar refractivity (Wildman–Crippen MR) is 79.8 cm³/mol. The van der Waals surface area contributed by atoms with Crippen molar-refractivity contribution in [2.24, 2.45) is 0 Å². The molecule has 0 radical (unpaired) electrons. The van der Waals surface area contributed by atoms with Crippen molar-refractivity contribution < 1.29 is 4.42 Å². The zero-order valence-electron chi connectivity index (χ0n) is 11.1. The molecule has 20 heavy (non-hydrogen) atoms. The SMILES string of the molecule is CN(Cc1ccc2oc(=O)[nH]c2c1)c1cccc(N)c1. The van der Waals surface area contributed by atoms with Gasteiger partial charge in [-0.2, -0.15) is 0 Å². The van der Waals surface area contributed by atoms with Gasteiger partial charge in [-0.1, -0.05) is 12.1 Å². The van der Waals surface area contributed by atoms with Crippen molar-refractivity contribution in [2.75, 3.05) is 17.7 Å². The highest BCUT2D eigenvalue weighted by atomic mass is 16.4. The third-order valence-electron chi connectivity index (χ3n) is 3.21. The number of nitrogens with zero attached hydrogens (tertiary/aromatic N) is 1. The first-order chi connectivity index (χ1) is 9.61. The third kappa shape index (κ3) is 2.38. The van der Waals surface area contributed by atoms with Crippen molar-refractivity contribution in [3.63, 3.8) is 0 Å². The molecule has 0 unspecified atom stereocenters. The standard InChI is InChI=1S/C15H15N3O2/c1-18(12-4-2-3-11(16)8-12)9-10-5-6-14-13(7-10)17-15(19)20-14/h2-8H,9,16H2,1H3,(H,17,19). The van der Waals surface area contributed by atoms with E-state index in [2.05, 4.69) is 9.88 Å². The first-order valence-electron chi connectivity index (χ1n) is 6.30. The summed E-state index contributed by atoms with van der Waals surface area (Å²) in [6.07, 6.45) is 0. The van der Waals surface area contributed by atoms with Crippen LogP contribution in [0.25, 0.3) is 11.1 Å². The van der Waals surface area contributed by atoms with E-state index in [1.54, 1.807) is 6.07 Å². The van der Waals surface area contributed by atoms with E-state index in [0.29, 0.717) is 17.6 Å². The summed E-state index contributed by atoms with van der Waals surface area (Å²) in [6.45, 7) is 0.715. The van der Waals surface area contributed by atoms with Crippen LogP contribution in [0.5, 0.6) is 0 Å². The molecular formula is C15H15N3O2. The van der Waals surface area contributed by atoms with Crippen LogP contribution in [0.1, 0.15) is 5.56 Å². The number of nitrogens with one attached hydrogen (secondary N) is 1. The monoisotopic (exact) mass is 269 g/mol. The minimum atomic E-state index is -0.429. The van der Waals surface area contributed by atoms with Crippen LogP contribution in [0.2, 0.25) is 0 Å². The molecule has 0 amide bonds. The van der Waals surface area contributed by atoms with Crippen LogP contribution < -0.4 is 16.4 Å². The van der Waals surface area contributed by atoms with Crippen LogP contribution in [0.4, 0.5) is 11.4 Å². The van der Waals surface area contributed by atoms with E-state index in [1.807, 2.05) is 43.4 Å². The molecule has 0 saturated heterocycles. The maximum Gasteiger partial charge on any atom is 0.417 e. The van der Waals surface area contributed by atoms with Gasteiger partial charge in [0.05, 0.1) is 5.52 Å². The van der Waals surface area contributed by atoms with E-state index in [1.165, 1.54) is 0 Å². The molecule has 2 aromatic carbocycles. The molecule has 0 bridgehead atoms. The van der Waals surface area contributed by atoms with Crippen LogP contribution in [0.15, 0.2) is 51.7 Å². The number of aromatic amines is 1. The van der Waals surface area contributed by atoms with E-state index in [9.17, 15) is 4.79 Å². The van der Waals surface area contributed by atoms with E-state index in [-0.39, 0.29) is 0 Å². The number of hydrogen-bond acceptors (Lipinski definition) is 4. The lowest BCUT2D eigenvalue weighted by Crippen LogP contribution is -2.16. The summed E-state index contributed by atoms with van der Waals surface area (Å²) in [6, 6.07) is 13.4. The Morgan fingerprint density at radius 3 is 2.90 bits per heavy atom. The summed E-state index contributed by atoms with van der Waals surface area (Å²) in [5, 5.41) is 0. The van der Waals surface area contributed by atoms with E-state index in [4.69, 9.17) is 10.2 Å². The van der Waals surface area contributed by atoms with Crippen molar-refractivity contribution in [1.82, 2.24) is 4.98 Å². The number of hydrogen-bond donors (Lipinski definition) is 2. The second kappa shape index (κ2) is 4.77. The highest BCUT2D eigenvalue weighted by Crippen LogP contribution is 2.19. The maximum atomic E-state index is 11.1. The van der Waals surface area contributed by atoms with Crippen LogP contribution in [-0.2, 0) is 6.54 Å². The summed E-state index contributed by atoms with van der Waals surface area (Å²) < 4.78 is 4.99. The predicted octanol–water partition coefficient (Wildman–Crippen LogP) is 2.34. The Hall–Kier alpha value is -2.69. The molecule has 0 atom stereocenters. The van der Waals surface area contributed by atoms with Gasteiger partial charge in [0.2, 0.25) is 0 Å². The first kappa shape index (κ1) is 12.3. The Morgan fingerprint density at radius 2 is 2.10 bits per heavy atom. The zero-order valence-corrected chi connectivity index (χ0v) is 11.1. The molecule has 5 heteroatoms. The summed E-state index contributed by atoms with van der Waals surface area (Å²) >= 11 is 0. The molecule has 5 nitrogen and oxygen atoms in total. The number of benzene rings is 2. The number of oxazole rings is 1. The number of nitrogen functional groups attached to an aromatic ring is 1. The van der Waals surface area contributed by atoms with E-state index >= 15 is 0 Å². The van der Waals surface area contributed by atoms with Crippen molar-refractivity contribution in [1.29, 1.82) is 0 Å². The van der Waals surface area contributed by atoms with Gasteiger partial charge in [-0.05, 0) is 35.9 Å². The van der Waals surface area contributed by atoms with Crippen LogP contribution in [0.3, 0.4) is 0 Å². The molecule has 0 fully saturated rings. The fourth-order valence-electron chi connectivity index (χ4n) is 2.22. The van der Waals surface area contributed by atoms with Gasteiger partial charge in [0, 0.05) is 25.0 Å². The highest BCUT2D eigenvalue weighted by molar-refractivity contribution is 5.73. The number of rotatable bonds is 3. The third-order valence-corrected chi connectivity index (χ3v) is 3.21. The van der Waals surface area contributed by atoms with Gasteiger partial charge in [0.1, 0.15) is 0 Å². The zero-order chi connectivity index (χ0) is 14.1. The molecule has 3 N–H and O–H groups in total. The molecule has 1 heterocycles. The molecule has 0 spiro atoms. The highest BCUT2D eigenvalue weighted by Gasteiger charge is 2.05. The van der Waals surface area contributed by atoms with Crippen LogP contribution >= 0.6 is 0 Å². The molecule has 3 aromatic rings. The molecule has 0 aliphatic carbocycles. The lowest BCUT2D eigenvalue weighted by molar-refractivity contribution is 0.555. The van der Waals surface area contributed by atoms with Gasteiger partial charge >= 0.3 is 5.76 Å². The van der Waals surface area contributed by atoms with Gasteiger partial charge in [0.15, 0.2) is 5.58 Å². The Balaban J connectivity index is 1.86. The second-order valence-electron chi connectivity index (χ2n) is 4.80. The van der Waals surface area contributed by atoms with Gasteiger partial charge in [-0.15, -0.1) is 0 Å². The molecule has 3 rings (SSSR count). The van der Waals surface area contributed by atoms with Crippen LogP contribution in [0, 0.1) is 0 Å². The van der Waals surface area contributed by atoms with Gasteiger partial charge in [-0.3, -0.25) is 4.98 Å². The normalized spacial score (nSPS) is 10.8. The molecule has 1 aromatic heterocycles. The Kier molecular flexibility index (Phi) is 2.95. The van der Waals surface area contributed by atoms with E-state index in [0.717, 1.165) is 16.9 Å². The number of H-pyrrole nitrogens is 1. The number of aromatic nitrogens is 1. The van der Waals surface area contributed by atoms with Gasteiger partial charge in [0.25, 0.3) is 0 Å². The van der Waals surface area contributed by atoms with E-state index < -0.39 is 5.76 Å². The number of fused-ring (bicyclic) bond motifs is 1. The number of anilines is 2. The molecular weight excluding hydrogens is 254 g/mol. The smallest absolute Gasteiger partial charge is 0.408 e. The topological polar surface area (TPSA) is 75.3 Å². The summed E-state index contributed by atoms with van der Waals surface area (Å²) in [5.74, 6) is -0.429. The van der Waals surface area contributed by atoms with Crippen molar-refractivity contribution in [2.45, 2.75) is 6.54 Å². The second-order valence-corrected chi connectivity index (χ2v) is 4.80. The quantitative estimate of drug-likeness (QED) is 0.716. The maximum absolute atomic E-state index is 11.1. The minimum Gasteiger partial charge on any atom is -0.408 e. The average Bonchev–Trinajstić information content (AvgIpc) is 2.78. The van der Waals surface area contributed by atoms with Crippen LogP contribution in [-0.4, -0.2) is 12.0 Å². The lowest BCUT2D eigenvalue weighted by atomic mass is 10.2. The summed E-state index contributed by atoms with van der Waals surface area (Å²) in [4.78, 5) is 15.9. The molecule has 0 saturated carbocycles. The Morgan fingerprint density at radius 1 is 1.25 bits per heavy atom. The fourth-order valence-corrected chi connectivity index (χ4v) is 2.22. The van der Waals surface area contributed by atoms with Gasteiger partial charge < -0.3 is 15.1 Å². The molecule has 102 valence electrons. The fraction of sp³-hybridized carbons (Fsp3) is 0.133. The molecule has 0 aliphatic rings. The summed E-state index contributed by atoms with van der Waals surface area (Å²) in [5.41, 5.74) is 9.95. The molecule has 0 aliphatic heterocycles. The minimum absolute atomic E-state index is 0.429. The van der Waals surface area contributed by atoms with Crippen molar-refractivity contribution in [3.05, 3.63) is 58.6 Å². The van der Waals surface area contributed by atoms with Crippen molar-refractivity contribution in [3.8, 4) is 0 Å². The Bertz CT molecular complexity index is 804. The first-order valence-corrected chi connectivity index (χ1v) is 6.30. The Labute approximate surface area is 115 Å². The largest absolute Gasteiger partial charge is 0.417 e. The lowest BCUT2D eigenvalue weighted by Gasteiger charge is -2.19. The van der Waals surface area contributed by atoms with Gasteiger partial charge in [-0.25, -0.2) is 4.79 Å².